The zero-order valence-corrected chi connectivity index (χ0v) is 18.2. The van der Waals surface area contributed by atoms with Gasteiger partial charge in [-0.2, -0.15) is 5.10 Å². The monoisotopic (exact) mass is 381 g/mol. The van der Waals surface area contributed by atoms with Crippen molar-refractivity contribution in [3.8, 4) is 0 Å². The molecule has 4 heteroatoms. The van der Waals surface area contributed by atoms with E-state index in [0.717, 1.165) is 30.9 Å². The van der Waals surface area contributed by atoms with Crippen LogP contribution >= 0.6 is 0 Å². The fourth-order valence-corrected chi connectivity index (χ4v) is 3.87. The molecule has 1 aliphatic rings. The number of hydrazone groups is 1. The summed E-state index contributed by atoms with van der Waals surface area (Å²) in [5, 5.41) is 4.25. The Hall–Kier alpha value is -2.36. The zero-order chi connectivity index (χ0) is 20.7. The number of hydrogen-bond donors (Lipinski definition) is 1. The second kappa shape index (κ2) is 9.72. The number of nitrogens with one attached hydrogen (secondary N) is 1. The summed E-state index contributed by atoms with van der Waals surface area (Å²) in [5.74, 6) is 0.225. The Morgan fingerprint density at radius 2 is 1.89 bits per heavy atom. The standard InChI is InChI=1S/C24H35N3O/c1-7-27(8-2)21-14-12-20(13-15-21)23(28)26-25-19(4)11-16-22-18(3)10-9-17-24(22,5)6/h10-16,22H,7-9,17H2,1-6H3,(H,26,28). The summed E-state index contributed by atoms with van der Waals surface area (Å²) in [6, 6.07) is 7.67. The van der Waals surface area contributed by atoms with Gasteiger partial charge < -0.3 is 4.90 Å². The van der Waals surface area contributed by atoms with Crippen molar-refractivity contribution in [3.63, 3.8) is 0 Å². The quantitative estimate of drug-likeness (QED) is 0.381. The smallest absolute Gasteiger partial charge is 0.271 e. The molecule has 1 N–H and O–H groups in total. The number of hydrogen-bond acceptors (Lipinski definition) is 3. The Kier molecular flexibility index (Phi) is 7.61. The summed E-state index contributed by atoms with van der Waals surface area (Å²) < 4.78 is 0. The molecule has 1 aromatic rings. The number of nitrogens with zero attached hydrogens (tertiary/aromatic N) is 2. The van der Waals surface area contributed by atoms with Gasteiger partial charge in [0.1, 0.15) is 0 Å². The molecule has 0 bridgehead atoms. The van der Waals surface area contributed by atoms with Gasteiger partial charge in [-0.15, -0.1) is 0 Å². The molecule has 0 spiro atoms. The Labute approximate surface area is 170 Å². The third-order valence-electron chi connectivity index (χ3n) is 5.71. The minimum absolute atomic E-state index is 0.187. The van der Waals surface area contributed by atoms with Gasteiger partial charge in [-0.1, -0.05) is 31.6 Å². The number of anilines is 1. The van der Waals surface area contributed by atoms with Crippen molar-refractivity contribution < 1.29 is 4.79 Å². The molecular formula is C24H35N3O. The Balaban J connectivity index is 1.99. The van der Waals surface area contributed by atoms with Gasteiger partial charge in [0.25, 0.3) is 5.91 Å². The van der Waals surface area contributed by atoms with Gasteiger partial charge in [-0.05, 0) is 76.3 Å². The normalized spacial score (nSPS) is 19.4. The lowest BCUT2D eigenvalue weighted by Gasteiger charge is -2.36. The Morgan fingerprint density at radius 1 is 1.25 bits per heavy atom. The molecule has 4 nitrogen and oxygen atoms in total. The van der Waals surface area contributed by atoms with E-state index in [1.807, 2.05) is 37.3 Å². The first-order valence-electron chi connectivity index (χ1n) is 10.3. The van der Waals surface area contributed by atoms with Crippen molar-refractivity contribution in [2.24, 2.45) is 16.4 Å². The van der Waals surface area contributed by atoms with Crippen LogP contribution in [0.4, 0.5) is 5.69 Å². The molecule has 1 atom stereocenters. The highest BCUT2D eigenvalue weighted by atomic mass is 16.2. The lowest BCUT2D eigenvalue weighted by molar-refractivity contribution is 0.0955. The van der Waals surface area contributed by atoms with E-state index in [2.05, 4.69) is 62.2 Å². The van der Waals surface area contributed by atoms with Crippen LogP contribution < -0.4 is 10.3 Å². The van der Waals surface area contributed by atoms with E-state index < -0.39 is 0 Å². The number of carbonyl (C=O) groups is 1. The van der Waals surface area contributed by atoms with Crippen LogP contribution in [-0.2, 0) is 0 Å². The molecule has 1 unspecified atom stereocenters. The van der Waals surface area contributed by atoms with Crippen molar-refractivity contribution >= 4 is 17.3 Å². The van der Waals surface area contributed by atoms with Crippen molar-refractivity contribution in [1.82, 2.24) is 5.43 Å². The van der Waals surface area contributed by atoms with Crippen LogP contribution in [0.25, 0.3) is 0 Å². The minimum Gasteiger partial charge on any atom is -0.372 e. The van der Waals surface area contributed by atoms with Crippen LogP contribution in [0.15, 0.2) is 53.2 Å². The molecule has 2 rings (SSSR count). The molecule has 0 radical (unpaired) electrons. The van der Waals surface area contributed by atoms with Crippen LogP contribution in [0.3, 0.4) is 0 Å². The molecular weight excluding hydrogens is 346 g/mol. The number of amides is 1. The van der Waals surface area contributed by atoms with E-state index in [1.54, 1.807) is 0 Å². The summed E-state index contributed by atoms with van der Waals surface area (Å²) in [6.07, 6.45) is 8.90. The van der Waals surface area contributed by atoms with Crippen LogP contribution in [0, 0.1) is 11.3 Å². The van der Waals surface area contributed by atoms with E-state index in [9.17, 15) is 4.79 Å². The van der Waals surface area contributed by atoms with E-state index in [0.29, 0.717) is 11.5 Å². The van der Waals surface area contributed by atoms with E-state index in [-0.39, 0.29) is 11.3 Å². The fraction of sp³-hybridized carbons (Fsp3) is 0.500. The molecule has 0 saturated carbocycles. The van der Waals surface area contributed by atoms with Gasteiger partial charge in [0, 0.05) is 30.3 Å². The Bertz CT molecular complexity index is 753. The van der Waals surface area contributed by atoms with Gasteiger partial charge in [-0.3, -0.25) is 4.79 Å². The molecule has 1 aliphatic carbocycles. The molecule has 152 valence electrons. The molecule has 1 aromatic carbocycles. The van der Waals surface area contributed by atoms with Crippen LogP contribution in [0.5, 0.6) is 0 Å². The first-order valence-corrected chi connectivity index (χ1v) is 10.3. The molecule has 28 heavy (non-hydrogen) atoms. The van der Waals surface area contributed by atoms with Crippen molar-refractivity contribution in [2.45, 2.75) is 54.4 Å². The number of allylic oxidation sites excluding steroid dienone is 4. The van der Waals surface area contributed by atoms with Crippen molar-refractivity contribution in [3.05, 3.63) is 53.6 Å². The predicted molar refractivity (Wildman–Crippen MR) is 120 cm³/mol. The average Bonchev–Trinajstić information content (AvgIpc) is 2.66. The first kappa shape index (κ1) is 21.9. The summed E-state index contributed by atoms with van der Waals surface area (Å²) in [4.78, 5) is 14.6. The topological polar surface area (TPSA) is 44.7 Å². The van der Waals surface area contributed by atoms with Gasteiger partial charge in [0.2, 0.25) is 0 Å². The highest BCUT2D eigenvalue weighted by Crippen LogP contribution is 2.41. The number of rotatable bonds is 7. The SMILES string of the molecule is CCN(CC)c1ccc(C(=O)NN=C(C)C=CC2C(C)=CCCC2(C)C)cc1. The highest BCUT2D eigenvalue weighted by molar-refractivity contribution is 5.97. The number of benzene rings is 1. The lowest BCUT2D eigenvalue weighted by atomic mass is 9.68. The molecule has 0 fully saturated rings. The largest absolute Gasteiger partial charge is 0.372 e. The van der Waals surface area contributed by atoms with Gasteiger partial charge in [-0.25, -0.2) is 5.43 Å². The van der Waals surface area contributed by atoms with Gasteiger partial charge >= 0.3 is 0 Å². The fourth-order valence-electron chi connectivity index (χ4n) is 3.87. The van der Waals surface area contributed by atoms with Crippen molar-refractivity contribution in [1.29, 1.82) is 0 Å². The Morgan fingerprint density at radius 3 is 2.46 bits per heavy atom. The summed E-state index contributed by atoms with van der Waals surface area (Å²) in [7, 11) is 0. The maximum Gasteiger partial charge on any atom is 0.271 e. The third kappa shape index (κ3) is 5.57. The predicted octanol–water partition coefficient (Wildman–Crippen LogP) is 5.58. The maximum atomic E-state index is 12.4. The maximum absolute atomic E-state index is 12.4. The molecule has 0 aliphatic heterocycles. The average molecular weight is 382 g/mol. The molecule has 0 heterocycles. The molecule has 0 aromatic heterocycles. The highest BCUT2D eigenvalue weighted by Gasteiger charge is 2.30. The first-order chi connectivity index (χ1) is 13.3. The lowest BCUT2D eigenvalue weighted by Crippen LogP contribution is -2.26. The van der Waals surface area contributed by atoms with E-state index in [4.69, 9.17) is 0 Å². The minimum atomic E-state index is -0.187. The van der Waals surface area contributed by atoms with E-state index >= 15 is 0 Å². The third-order valence-corrected chi connectivity index (χ3v) is 5.71. The zero-order valence-electron chi connectivity index (χ0n) is 18.2. The van der Waals surface area contributed by atoms with Crippen molar-refractivity contribution in [2.75, 3.05) is 18.0 Å². The summed E-state index contributed by atoms with van der Waals surface area (Å²) in [6.45, 7) is 14.9. The van der Waals surface area contributed by atoms with Crippen LogP contribution in [0.1, 0.15) is 64.7 Å². The van der Waals surface area contributed by atoms with Crippen LogP contribution in [0.2, 0.25) is 0 Å². The summed E-state index contributed by atoms with van der Waals surface area (Å²) >= 11 is 0. The van der Waals surface area contributed by atoms with Crippen LogP contribution in [-0.4, -0.2) is 24.7 Å². The van der Waals surface area contributed by atoms with E-state index in [1.165, 1.54) is 12.0 Å². The van der Waals surface area contributed by atoms with Gasteiger partial charge in [0.05, 0.1) is 5.71 Å². The molecule has 0 saturated heterocycles. The number of carbonyl (C=O) groups excluding carboxylic acids is 1. The summed E-state index contributed by atoms with van der Waals surface area (Å²) in [5.41, 5.74) is 6.87. The molecule has 1 amide bonds. The second-order valence-corrected chi connectivity index (χ2v) is 8.23. The second-order valence-electron chi connectivity index (χ2n) is 8.23. The van der Waals surface area contributed by atoms with Gasteiger partial charge in [0.15, 0.2) is 0 Å².